The van der Waals surface area contributed by atoms with Gasteiger partial charge in [-0.2, -0.15) is 0 Å². The number of para-hydroxylation sites is 1. The molecule has 1 aromatic rings. The van der Waals surface area contributed by atoms with Gasteiger partial charge in [-0.25, -0.2) is 0 Å². The average Bonchev–Trinajstić information content (AvgIpc) is 2.01. The van der Waals surface area contributed by atoms with Gasteiger partial charge in [-0.05, 0) is 26.0 Å². The fourth-order valence-electron chi connectivity index (χ4n) is 0.971. The lowest BCUT2D eigenvalue weighted by atomic mass is 10.1. The Morgan fingerprint density at radius 1 is 1.29 bits per heavy atom. The lowest BCUT2D eigenvalue weighted by Crippen LogP contribution is -2.29. The number of aliphatic hydroxyl groups is 1. The van der Waals surface area contributed by atoms with E-state index in [4.69, 9.17) is 23.2 Å². The molecule has 0 radical (unpaired) electrons. The molecule has 0 bridgehead atoms. The van der Waals surface area contributed by atoms with Gasteiger partial charge in [0.15, 0.2) is 0 Å². The molecule has 0 aliphatic heterocycles. The summed E-state index contributed by atoms with van der Waals surface area (Å²) >= 11 is 11.9. The number of hydrogen-bond acceptors (Lipinski definition) is 2. The van der Waals surface area contributed by atoms with Crippen molar-refractivity contribution in [2.24, 2.45) is 0 Å². The minimum Gasteiger partial charge on any atom is -0.389 e. The molecule has 0 saturated heterocycles. The zero-order valence-electron chi connectivity index (χ0n) is 8.14. The van der Waals surface area contributed by atoms with Crippen LogP contribution in [0.5, 0.6) is 0 Å². The zero-order valence-corrected chi connectivity index (χ0v) is 9.65. The molecule has 14 heavy (non-hydrogen) atoms. The highest BCUT2D eigenvalue weighted by molar-refractivity contribution is 6.39. The Hall–Kier alpha value is -0.440. The normalized spacial score (nSPS) is 11.5. The quantitative estimate of drug-likeness (QED) is 0.841. The Morgan fingerprint density at radius 3 is 2.21 bits per heavy atom. The molecule has 2 N–H and O–H groups in total. The number of anilines is 1. The maximum atomic E-state index is 9.51. The number of halogens is 2. The largest absolute Gasteiger partial charge is 0.389 e. The first-order valence-corrected chi connectivity index (χ1v) is 5.06. The molecule has 0 saturated carbocycles. The predicted molar refractivity (Wildman–Crippen MR) is 61.2 cm³/mol. The predicted octanol–water partition coefficient (Wildman–Crippen LogP) is 3.18. The van der Waals surface area contributed by atoms with Crippen LogP contribution in [-0.2, 0) is 0 Å². The second-order valence-corrected chi connectivity index (χ2v) is 4.58. The molecule has 4 heteroatoms. The topological polar surface area (TPSA) is 32.3 Å². The van der Waals surface area contributed by atoms with Gasteiger partial charge in [0.2, 0.25) is 0 Å². The third-order valence-electron chi connectivity index (χ3n) is 1.66. The lowest BCUT2D eigenvalue weighted by molar-refractivity contribution is 0.0945. The summed E-state index contributed by atoms with van der Waals surface area (Å²) in [4.78, 5) is 0. The van der Waals surface area contributed by atoms with Crippen molar-refractivity contribution in [1.82, 2.24) is 0 Å². The molecule has 0 aliphatic carbocycles. The highest BCUT2D eigenvalue weighted by Gasteiger charge is 2.13. The van der Waals surface area contributed by atoms with Crippen molar-refractivity contribution in [3.8, 4) is 0 Å². The maximum absolute atomic E-state index is 9.51. The Balaban J connectivity index is 2.77. The van der Waals surface area contributed by atoms with E-state index in [0.717, 1.165) is 0 Å². The third kappa shape index (κ3) is 3.37. The van der Waals surface area contributed by atoms with Crippen LogP contribution in [0.4, 0.5) is 5.69 Å². The fraction of sp³-hybridized carbons (Fsp3) is 0.400. The number of rotatable bonds is 3. The summed E-state index contributed by atoms with van der Waals surface area (Å²) < 4.78 is 0. The summed E-state index contributed by atoms with van der Waals surface area (Å²) in [6, 6.07) is 5.28. The molecule has 78 valence electrons. The molecule has 2 nitrogen and oxygen atoms in total. The van der Waals surface area contributed by atoms with Crippen LogP contribution in [0, 0.1) is 0 Å². The second-order valence-electron chi connectivity index (χ2n) is 3.76. The molecule has 1 aromatic carbocycles. The van der Waals surface area contributed by atoms with Crippen LogP contribution in [0.3, 0.4) is 0 Å². The summed E-state index contributed by atoms with van der Waals surface area (Å²) in [5, 5.41) is 13.6. The molecule has 0 aromatic heterocycles. The molecule has 0 unspecified atom stereocenters. The number of hydrogen-bond donors (Lipinski definition) is 2. The van der Waals surface area contributed by atoms with E-state index < -0.39 is 5.60 Å². The highest BCUT2D eigenvalue weighted by atomic mass is 35.5. The monoisotopic (exact) mass is 233 g/mol. The first-order valence-electron chi connectivity index (χ1n) is 4.30. The van der Waals surface area contributed by atoms with Gasteiger partial charge in [0.25, 0.3) is 0 Å². The maximum Gasteiger partial charge on any atom is 0.0763 e. The summed E-state index contributed by atoms with van der Waals surface area (Å²) in [6.45, 7) is 3.83. The Labute approximate surface area is 93.8 Å². The molecule has 1 rings (SSSR count). The Bertz CT molecular complexity index is 300. The van der Waals surface area contributed by atoms with E-state index in [1.165, 1.54) is 0 Å². The minimum absolute atomic E-state index is 0.399. The van der Waals surface area contributed by atoms with Gasteiger partial charge >= 0.3 is 0 Å². The molecule has 0 aliphatic rings. The SMILES string of the molecule is CC(C)(O)CNc1c(Cl)cccc1Cl. The van der Waals surface area contributed by atoms with E-state index in [2.05, 4.69) is 5.32 Å². The molecule has 0 heterocycles. The first kappa shape index (κ1) is 11.6. The Morgan fingerprint density at radius 2 is 1.79 bits per heavy atom. The van der Waals surface area contributed by atoms with Crippen molar-refractivity contribution in [2.75, 3.05) is 11.9 Å². The van der Waals surface area contributed by atoms with Gasteiger partial charge < -0.3 is 10.4 Å². The van der Waals surface area contributed by atoms with Gasteiger partial charge in [-0.1, -0.05) is 29.3 Å². The van der Waals surface area contributed by atoms with Crippen LogP contribution in [-0.4, -0.2) is 17.3 Å². The van der Waals surface area contributed by atoms with Crippen LogP contribution >= 0.6 is 23.2 Å². The Kier molecular flexibility index (Phi) is 3.65. The van der Waals surface area contributed by atoms with Crippen LogP contribution in [0.25, 0.3) is 0 Å². The first-order chi connectivity index (χ1) is 6.40. The number of nitrogens with one attached hydrogen (secondary N) is 1. The van der Waals surface area contributed by atoms with Gasteiger partial charge in [0.05, 0.1) is 21.3 Å². The van der Waals surface area contributed by atoms with Crippen molar-refractivity contribution >= 4 is 28.9 Å². The van der Waals surface area contributed by atoms with Gasteiger partial charge in [0.1, 0.15) is 0 Å². The van der Waals surface area contributed by atoms with Crippen LogP contribution < -0.4 is 5.32 Å². The van der Waals surface area contributed by atoms with Crippen molar-refractivity contribution in [3.63, 3.8) is 0 Å². The zero-order chi connectivity index (χ0) is 10.8. The molecule has 0 fully saturated rings. The van der Waals surface area contributed by atoms with E-state index in [0.29, 0.717) is 22.3 Å². The fourth-order valence-corrected chi connectivity index (χ4v) is 1.50. The third-order valence-corrected chi connectivity index (χ3v) is 2.29. The van der Waals surface area contributed by atoms with Crippen LogP contribution in [0.1, 0.15) is 13.8 Å². The van der Waals surface area contributed by atoms with Gasteiger partial charge in [0, 0.05) is 6.54 Å². The van der Waals surface area contributed by atoms with Crippen molar-refractivity contribution < 1.29 is 5.11 Å². The van der Waals surface area contributed by atoms with E-state index >= 15 is 0 Å². The molecular formula is C10H13Cl2NO. The van der Waals surface area contributed by atoms with Crippen molar-refractivity contribution in [3.05, 3.63) is 28.2 Å². The van der Waals surface area contributed by atoms with E-state index in [-0.39, 0.29) is 0 Å². The summed E-state index contributed by atoms with van der Waals surface area (Å²) in [7, 11) is 0. The molecule has 0 atom stereocenters. The molecule has 0 spiro atoms. The van der Waals surface area contributed by atoms with E-state index in [9.17, 15) is 5.11 Å². The number of benzene rings is 1. The van der Waals surface area contributed by atoms with E-state index in [1.54, 1.807) is 32.0 Å². The van der Waals surface area contributed by atoms with E-state index in [1.807, 2.05) is 0 Å². The summed E-state index contributed by atoms with van der Waals surface area (Å²) in [5.74, 6) is 0. The summed E-state index contributed by atoms with van der Waals surface area (Å²) in [5.41, 5.74) is -0.124. The van der Waals surface area contributed by atoms with Gasteiger partial charge in [-0.3, -0.25) is 0 Å². The average molecular weight is 234 g/mol. The van der Waals surface area contributed by atoms with Crippen molar-refractivity contribution in [1.29, 1.82) is 0 Å². The lowest BCUT2D eigenvalue weighted by Gasteiger charge is -2.19. The standard InChI is InChI=1S/C10H13Cl2NO/c1-10(2,14)6-13-9-7(11)4-3-5-8(9)12/h3-5,13-14H,6H2,1-2H3. The minimum atomic E-state index is -0.789. The molecule has 0 amide bonds. The van der Waals surface area contributed by atoms with Crippen LogP contribution in [0.15, 0.2) is 18.2 Å². The summed E-state index contributed by atoms with van der Waals surface area (Å²) in [6.07, 6.45) is 0. The smallest absolute Gasteiger partial charge is 0.0763 e. The highest BCUT2D eigenvalue weighted by Crippen LogP contribution is 2.29. The second kappa shape index (κ2) is 4.39. The van der Waals surface area contributed by atoms with Crippen molar-refractivity contribution in [2.45, 2.75) is 19.4 Å². The van der Waals surface area contributed by atoms with Gasteiger partial charge in [-0.15, -0.1) is 0 Å². The van der Waals surface area contributed by atoms with Crippen LogP contribution in [0.2, 0.25) is 10.0 Å². The molecular weight excluding hydrogens is 221 g/mol.